The molecule has 0 aliphatic carbocycles. The van der Waals surface area contributed by atoms with Crippen LogP contribution in [0.15, 0.2) is 0 Å². The van der Waals surface area contributed by atoms with E-state index in [1.165, 1.54) is 4.90 Å². The summed E-state index contributed by atoms with van der Waals surface area (Å²) in [6.45, 7) is 0.402. The number of rotatable bonds is 2. The van der Waals surface area contributed by atoms with Crippen molar-refractivity contribution in [3.8, 4) is 0 Å². The van der Waals surface area contributed by atoms with E-state index in [4.69, 9.17) is 5.11 Å². The number of aromatic amines is 1. The lowest BCUT2D eigenvalue weighted by Gasteiger charge is -2.09. The third kappa shape index (κ3) is 1.80. The van der Waals surface area contributed by atoms with Gasteiger partial charge in [-0.2, -0.15) is 17.6 Å². The summed E-state index contributed by atoms with van der Waals surface area (Å²) in [7, 11) is 0. The molecule has 1 amide bonds. The van der Waals surface area contributed by atoms with Gasteiger partial charge in [-0.25, -0.2) is 4.79 Å². The van der Waals surface area contributed by atoms with Crippen LogP contribution >= 0.6 is 12.6 Å². The third-order valence-electron chi connectivity index (χ3n) is 2.02. The van der Waals surface area contributed by atoms with Crippen molar-refractivity contribution >= 4 is 30.5 Å². The number of carbonyl (C=O) groups is 2. The Morgan fingerprint density at radius 3 is 2.87 bits per heavy atom. The summed E-state index contributed by atoms with van der Waals surface area (Å²) >= 11 is 4.16. The topological polar surface area (TPSA) is 99.2 Å². The van der Waals surface area contributed by atoms with Gasteiger partial charge in [-0.15, -0.1) is 5.10 Å². The molecule has 15 heavy (non-hydrogen) atoms. The van der Waals surface area contributed by atoms with E-state index in [2.05, 4.69) is 27.8 Å². The van der Waals surface area contributed by atoms with E-state index in [9.17, 15) is 9.59 Å². The van der Waals surface area contributed by atoms with Gasteiger partial charge in [0.05, 0.1) is 0 Å². The van der Waals surface area contributed by atoms with E-state index in [0.717, 1.165) is 0 Å². The molecule has 1 aliphatic rings. The fourth-order valence-electron chi connectivity index (χ4n) is 1.35. The second kappa shape index (κ2) is 3.54. The summed E-state index contributed by atoms with van der Waals surface area (Å²) in [6, 6.07) is 0. The van der Waals surface area contributed by atoms with Crippen LogP contribution in [0.5, 0.6) is 0 Å². The lowest BCUT2D eigenvalue weighted by atomic mass is 10.4. The molecule has 2 heterocycles. The number of hydrogen-bond donors (Lipinski definition) is 3. The largest absolute Gasteiger partial charge is 0.475 e. The smallest absolute Gasteiger partial charge is 0.373 e. The zero-order chi connectivity index (χ0) is 11.0. The minimum absolute atomic E-state index is 0.0516. The standard InChI is InChI=1S/C7H8N4O3S/c12-4-1-3(15)2-11(4)7-8-5(6(13)14)9-10-7/h3,15H,1-2H2,(H,13,14)(H,8,9,10). The first kappa shape index (κ1) is 9.97. The number of carboxylic acid groups (broad SMARTS) is 1. The highest BCUT2D eigenvalue weighted by Crippen LogP contribution is 2.20. The van der Waals surface area contributed by atoms with E-state index in [1.54, 1.807) is 0 Å². The van der Waals surface area contributed by atoms with Crippen LogP contribution in [0.3, 0.4) is 0 Å². The number of aromatic carboxylic acids is 1. The summed E-state index contributed by atoms with van der Waals surface area (Å²) < 4.78 is 0. The normalized spacial score (nSPS) is 21.0. The van der Waals surface area contributed by atoms with E-state index in [0.29, 0.717) is 13.0 Å². The van der Waals surface area contributed by atoms with Crippen molar-refractivity contribution in [1.82, 2.24) is 15.2 Å². The second-order valence-corrected chi connectivity index (χ2v) is 3.88. The fourth-order valence-corrected chi connectivity index (χ4v) is 1.67. The van der Waals surface area contributed by atoms with E-state index >= 15 is 0 Å². The molecule has 1 aliphatic heterocycles. The molecule has 0 radical (unpaired) electrons. The minimum Gasteiger partial charge on any atom is -0.475 e. The fraction of sp³-hybridized carbons (Fsp3) is 0.429. The van der Waals surface area contributed by atoms with Gasteiger partial charge in [0.15, 0.2) is 0 Å². The van der Waals surface area contributed by atoms with Crippen molar-refractivity contribution in [2.24, 2.45) is 0 Å². The molecule has 2 rings (SSSR count). The first-order valence-electron chi connectivity index (χ1n) is 4.22. The highest BCUT2D eigenvalue weighted by molar-refractivity contribution is 7.81. The van der Waals surface area contributed by atoms with Crippen LogP contribution < -0.4 is 4.90 Å². The molecule has 0 spiro atoms. The van der Waals surface area contributed by atoms with Gasteiger partial charge in [-0.3, -0.25) is 14.8 Å². The number of anilines is 1. The quantitative estimate of drug-likeness (QED) is 0.595. The maximum Gasteiger partial charge on any atom is 0.373 e. The van der Waals surface area contributed by atoms with Gasteiger partial charge in [0.25, 0.3) is 5.95 Å². The number of carboxylic acids is 1. The summed E-state index contributed by atoms with van der Waals surface area (Å²) in [5.41, 5.74) is 0. The molecule has 1 aromatic rings. The van der Waals surface area contributed by atoms with E-state index < -0.39 is 5.97 Å². The van der Waals surface area contributed by atoms with Crippen LogP contribution in [0, 0.1) is 0 Å². The van der Waals surface area contributed by atoms with Crippen LogP contribution in [0.1, 0.15) is 17.0 Å². The summed E-state index contributed by atoms with van der Waals surface area (Å²) in [5.74, 6) is -1.54. The molecule has 1 saturated heterocycles. The Kier molecular flexibility index (Phi) is 2.35. The average Bonchev–Trinajstić information content (AvgIpc) is 2.71. The second-order valence-electron chi connectivity index (χ2n) is 3.15. The van der Waals surface area contributed by atoms with Crippen molar-refractivity contribution in [2.45, 2.75) is 11.7 Å². The number of H-pyrrole nitrogens is 1. The van der Waals surface area contributed by atoms with Crippen LogP contribution in [-0.4, -0.2) is 44.0 Å². The summed E-state index contributed by atoms with van der Waals surface area (Å²) in [5, 5.41) is 14.5. The molecule has 8 heteroatoms. The lowest BCUT2D eigenvalue weighted by molar-refractivity contribution is -0.117. The van der Waals surface area contributed by atoms with Crippen LogP contribution in [0.4, 0.5) is 5.95 Å². The number of nitrogens with zero attached hydrogens (tertiary/aromatic N) is 3. The molecule has 1 unspecified atom stereocenters. The van der Waals surface area contributed by atoms with Crippen molar-refractivity contribution in [3.05, 3.63) is 5.82 Å². The maximum absolute atomic E-state index is 11.4. The van der Waals surface area contributed by atoms with Crippen molar-refractivity contribution in [2.75, 3.05) is 11.4 Å². The Morgan fingerprint density at radius 1 is 1.67 bits per heavy atom. The number of aromatic nitrogens is 3. The minimum atomic E-state index is -1.21. The molecular weight excluding hydrogens is 220 g/mol. The molecule has 80 valence electrons. The van der Waals surface area contributed by atoms with Gasteiger partial charge < -0.3 is 5.11 Å². The first-order valence-corrected chi connectivity index (χ1v) is 4.73. The lowest BCUT2D eigenvalue weighted by Crippen LogP contribution is -2.25. The molecule has 2 N–H and O–H groups in total. The van der Waals surface area contributed by atoms with Crippen LogP contribution in [0.2, 0.25) is 0 Å². The third-order valence-corrected chi connectivity index (χ3v) is 2.37. The Balaban J connectivity index is 2.23. The van der Waals surface area contributed by atoms with Crippen molar-refractivity contribution < 1.29 is 14.7 Å². The molecule has 0 aromatic carbocycles. The Hall–Kier alpha value is -1.57. The SMILES string of the molecule is O=C(O)c1nc(N2CC(S)CC2=O)n[nH]1. The Labute approximate surface area is 89.9 Å². The number of amides is 1. The zero-order valence-corrected chi connectivity index (χ0v) is 8.44. The van der Waals surface area contributed by atoms with Crippen LogP contribution in [0.25, 0.3) is 0 Å². The van der Waals surface area contributed by atoms with Gasteiger partial charge in [0.1, 0.15) is 0 Å². The number of carbonyl (C=O) groups excluding carboxylic acids is 1. The number of thiol groups is 1. The monoisotopic (exact) mass is 228 g/mol. The first-order chi connectivity index (χ1) is 7.08. The molecule has 1 atom stereocenters. The van der Waals surface area contributed by atoms with Gasteiger partial charge >= 0.3 is 5.97 Å². The van der Waals surface area contributed by atoms with Gasteiger partial charge in [0, 0.05) is 18.2 Å². The van der Waals surface area contributed by atoms with Crippen LogP contribution in [-0.2, 0) is 4.79 Å². The number of nitrogens with one attached hydrogen (secondary N) is 1. The Bertz CT molecular complexity index is 418. The molecular formula is C7H8N4O3S. The average molecular weight is 228 g/mol. The van der Waals surface area contributed by atoms with E-state index in [1.807, 2.05) is 0 Å². The van der Waals surface area contributed by atoms with Crippen molar-refractivity contribution in [1.29, 1.82) is 0 Å². The summed E-state index contributed by atoms with van der Waals surface area (Å²) in [6.07, 6.45) is 0.319. The molecule has 1 aromatic heterocycles. The Morgan fingerprint density at radius 2 is 2.40 bits per heavy atom. The molecule has 0 saturated carbocycles. The summed E-state index contributed by atoms with van der Waals surface area (Å²) in [4.78, 5) is 26.9. The van der Waals surface area contributed by atoms with Gasteiger partial charge in [0.2, 0.25) is 11.7 Å². The van der Waals surface area contributed by atoms with Gasteiger partial charge in [-0.05, 0) is 0 Å². The maximum atomic E-state index is 11.4. The molecule has 7 nitrogen and oxygen atoms in total. The predicted molar refractivity (Wildman–Crippen MR) is 53.1 cm³/mol. The van der Waals surface area contributed by atoms with E-state index in [-0.39, 0.29) is 22.9 Å². The zero-order valence-electron chi connectivity index (χ0n) is 7.54. The highest BCUT2D eigenvalue weighted by Gasteiger charge is 2.31. The molecule has 1 fully saturated rings. The predicted octanol–water partition coefficient (Wildman–Crippen LogP) is -0.462. The van der Waals surface area contributed by atoms with Crippen molar-refractivity contribution in [3.63, 3.8) is 0 Å². The highest BCUT2D eigenvalue weighted by atomic mass is 32.1. The molecule has 0 bridgehead atoms. The number of hydrogen-bond acceptors (Lipinski definition) is 5. The van der Waals surface area contributed by atoms with Gasteiger partial charge in [-0.1, -0.05) is 0 Å².